The number of methoxy groups -OCH3 is 4. The summed E-state index contributed by atoms with van der Waals surface area (Å²) >= 11 is 5.35. The van der Waals surface area contributed by atoms with Gasteiger partial charge in [-0.2, -0.15) is 19.9 Å². The van der Waals surface area contributed by atoms with Gasteiger partial charge in [-0.1, -0.05) is 83.1 Å². The predicted molar refractivity (Wildman–Crippen MR) is 491 cm³/mol. The molecule has 13 N–H and O–H groups in total. The number of hydrogen-bond donors (Lipinski definition) is 9. The molecule has 0 aliphatic carbocycles. The molecule has 11 heterocycles. The molecule has 18 atom stereocenters. The highest BCUT2D eigenvalue weighted by atomic mass is 32.5. The molecule has 0 aromatic carbocycles. The maximum absolute atomic E-state index is 12.9. The van der Waals surface area contributed by atoms with Crippen LogP contribution in [0.4, 0.5) is 23.7 Å². The SMILES string of the molecule is COCCOC1[C@@H](OC(C)(C)C)[C@@H](CC(C)(C)C)O[C@H]1n1cc(C)c(N)nc1=O.COCCOC1[C@@H](OC(C)(C)C)[C@@H](CC(C)(C)C)O[C@H]1n1cnc2c(=O)[nH]c(N)nc21.COCCOC1[C@@H](OP(=O)(O)OC(C)(C)C)[C@@H](CC(C)(C)C)O[C@H]1n1cnc2c(=O)[nH]c(N)nc21.COCCOC1[C@@H](OP(O)(=S)OC(C)(C)C)[C@@H](CC(C)(C)C)O[C@H]1n1cnc2c(=O)[nH]c(N)nc21. The molecule has 0 bridgehead atoms. The molecule has 7 aromatic heterocycles. The second kappa shape index (κ2) is 43.9. The van der Waals surface area contributed by atoms with E-state index in [1.807, 2.05) is 69.2 Å². The van der Waals surface area contributed by atoms with E-state index in [0.29, 0.717) is 57.1 Å². The summed E-state index contributed by atoms with van der Waals surface area (Å²) < 4.78 is 126. The maximum atomic E-state index is 12.9. The third-order valence-electron chi connectivity index (χ3n) is 19.7. The van der Waals surface area contributed by atoms with Crippen LogP contribution in [0.5, 0.6) is 0 Å². The van der Waals surface area contributed by atoms with Gasteiger partial charge in [-0.15, -0.1) is 0 Å². The van der Waals surface area contributed by atoms with Crippen molar-refractivity contribution >= 4 is 83.5 Å². The second-order valence-corrected chi connectivity index (χ2v) is 45.4. The fourth-order valence-corrected chi connectivity index (χ4v) is 18.7. The van der Waals surface area contributed by atoms with Crippen molar-refractivity contribution in [3.05, 3.63) is 72.3 Å². The van der Waals surface area contributed by atoms with Gasteiger partial charge in [-0.05, 0) is 149 Å². The Bertz CT molecular complexity index is 5010. The van der Waals surface area contributed by atoms with Gasteiger partial charge >= 0.3 is 20.2 Å². The number of nitrogens with one attached hydrogen (secondary N) is 3. The van der Waals surface area contributed by atoms with Crippen LogP contribution in [0.3, 0.4) is 0 Å². The number of nitrogens with two attached hydrogens (primary N) is 4. The summed E-state index contributed by atoms with van der Waals surface area (Å²) in [7, 11) is 1.83. The highest BCUT2D eigenvalue weighted by Crippen LogP contribution is 2.55. The lowest BCUT2D eigenvalue weighted by atomic mass is 9.87. The maximum Gasteiger partial charge on any atom is 0.473 e. The van der Waals surface area contributed by atoms with Crippen LogP contribution in [-0.4, -0.2) is 255 Å². The number of H-pyrrole nitrogens is 3. The number of aromatic amines is 3. The van der Waals surface area contributed by atoms with Crippen LogP contribution in [0, 0.1) is 28.6 Å². The van der Waals surface area contributed by atoms with Crippen molar-refractivity contribution < 1.29 is 98.8 Å². The zero-order chi connectivity index (χ0) is 97.3. The average molecular weight is 1900 g/mol. The minimum Gasteiger partial charge on any atom is -0.383 e. The van der Waals surface area contributed by atoms with E-state index in [0.717, 1.165) is 12.8 Å². The van der Waals surface area contributed by atoms with Gasteiger partial charge in [-0.25, -0.2) is 24.3 Å². The van der Waals surface area contributed by atoms with Crippen LogP contribution in [0.15, 0.2) is 44.4 Å². The Hall–Kier alpha value is -6.79. The van der Waals surface area contributed by atoms with Gasteiger partial charge in [0.2, 0.25) is 17.8 Å². The quantitative estimate of drug-likeness (QED) is 0.0140. The molecule has 11 rings (SSSR count). The van der Waals surface area contributed by atoms with Gasteiger partial charge < -0.3 is 104 Å². The molecule has 4 aliphatic rings. The van der Waals surface area contributed by atoms with E-state index < -0.39 is 133 Å². The lowest BCUT2D eigenvalue weighted by Gasteiger charge is -2.33. The van der Waals surface area contributed by atoms with Gasteiger partial charge in [0, 0.05) is 40.2 Å². The Morgan fingerprint density at radius 2 is 0.677 bits per heavy atom. The summed E-state index contributed by atoms with van der Waals surface area (Å²) in [5.74, 6) is 0.0943. The predicted octanol–water partition coefficient (Wildman–Crippen LogP) is 9.79. The Labute approximate surface area is 764 Å². The van der Waals surface area contributed by atoms with Gasteiger partial charge in [-0.3, -0.25) is 61.2 Å². The second-order valence-electron chi connectivity index (χ2n) is 41.3. The van der Waals surface area contributed by atoms with E-state index in [9.17, 15) is 33.5 Å². The summed E-state index contributed by atoms with van der Waals surface area (Å²) in [5.41, 5.74) is 20.3. The number of ether oxygens (including phenoxy) is 14. The van der Waals surface area contributed by atoms with E-state index in [-0.39, 0.29) is 117 Å². The molecule has 736 valence electrons. The number of phosphoric ester groups is 1. The smallest absolute Gasteiger partial charge is 0.383 e. The van der Waals surface area contributed by atoms with Crippen molar-refractivity contribution in [2.24, 2.45) is 21.7 Å². The van der Waals surface area contributed by atoms with Gasteiger partial charge in [0.15, 0.2) is 58.4 Å². The highest BCUT2D eigenvalue weighted by molar-refractivity contribution is 8.07. The molecular formula is C84H144N18O25P2S. The number of fused-ring (bicyclic) bond motifs is 3. The van der Waals surface area contributed by atoms with E-state index >= 15 is 0 Å². The zero-order valence-electron chi connectivity index (χ0n) is 80.8. The highest BCUT2D eigenvalue weighted by Gasteiger charge is 2.56. The first-order chi connectivity index (χ1) is 59.9. The molecule has 6 unspecified atom stereocenters. The van der Waals surface area contributed by atoms with Crippen LogP contribution in [-0.2, 0) is 101 Å². The van der Waals surface area contributed by atoms with Crippen LogP contribution in [0.1, 0.15) is 222 Å². The molecule has 43 nitrogen and oxygen atoms in total. The molecule has 0 spiro atoms. The van der Waals surface area contributed by atoms with Crippen molar-refractivity contribution in [3.8, 4) is 0 Å². The lowest BCUT2D eigenvalue weighted by Crippen LogP contribution is -2.44. The van der Waals surface area contributed by atoms with Crippen LogP contribution >= 0.6 is 14.5 Å². The Morgan fingerprint density at radius 3 is 0.954 bits per heavy atom. The average Bonchev–Trinajstić information content (AvgIpc) is 1.62. The minimum atomic E-state index is -4.52. The topological polar surface area (TPSA) is 553 Å². The number of hydrogen-bond acceptors (Lipinski definition) is 35. The first-order valence-electron chi connectivity index (χ1n) is 43.3. The van der Waals surface area contributed by atoms with Crippen molar-refractivity contribution in [1.82, 2.24) is 68.1 Å². The largest absolute Gasteiger partial charge is 0.473 e. The summed E-state index contributed by atoms with van der Waals surface area (Å²) in [6, 6.07) is 0. The summed E-state index contributed by atoms with van der Waals surface area (Å²) in [6.45, 7) is 48.2. The summed E-state index contributed by atoms with van der Waals surface area (Å²) in [4.78, 5) is 108. The number of imidazole rings is 3. The number of aromatic nitrogens is 14. The van der Waals surface area contributed by atoms with Crippen LogP contribution in [0.25, 0.3) is 33.5 Å². The number of anilines is 4. The molecular weight excluding hydrogens is 1760 g/mol. The monoisotopic (exact) mass is 1900 g/mol. The molecule has 46 heteroatoms. The van der Waals surface area contributed by atoms with E-state index in [1.165, 1.54) is 35.2 Å². The van der Waals surface area contributed by atoms with E-state index in [4.69, 9.17) is 119 Å². The number of nitrogen functional groups attached to an aromatic ring is 4. The molecule has 4 fully saturated rings. The fourth-order valence-electron chi connectivity index (χ4n) is 15.1. The Kier molecular flexibility index (Phi) is 36.7. The number of nitrogens with zero attached hydrogens (tertiary/aromatic N) is 11. The lowest BCUT2D eigenvalue weighted by molar-refractivity contribution is -0.134. The number of rotatable bonds is 32. The normalized spacial score (nSPS) is 25.2. The standard InChI is InChI=1S/C21H36N5O8P.C21H36N5O7PS.C21H35N5O5.C21H37N3O5/c1-20(2,3)10-12-14(33-35(28,29)34-21(4,5)6)15(31-9-8-30-7)18(32-12)26-11-23-13-16(26)24-19(22)25-17(13)27;1-20(2,3)10-12-14(32-34(28,35)33-21(4,5)6)15(30-9-8-29-7)18(31-12)26-11-23-13-16(26)24-19(22)25-17(13)27;1-20(2,3)10-12-14(31-21(4,5)6)15(29-9-8-28-7)18(30-12)26-11-23-13-16(26)24-19(22)25-17(13)27;1-13-12-24(19(25)23-17(13)22)18-16(27-10-9-26-8)15(29-21(5,6)7)14(28-18)11-20(2,3)4/h11-12,14-15,18H,8-10H2,1-7H3,(H,28,29)(H3,22,24,25,27);11-12,14-15,18H,8-10H2,1-7H3,(H,28,35)(H3,22,24,25,27);11-12,14-15,18H,8-10H2,1-7H3,(H3,22,24,25,27);12,14-16,18H,9-11H2,1-8H3,(H2,22,23,25)/t12-,14+,15?,18-;12-,14+,15?,18-,34?;12-,14+,15?,18-;14-,15+,16?,18-/m1111/s1. The first-order valence-corrected chi connectivity index (χ1v) is 47.4. The zero-order valence-corrected chi connectivity index (χ0v) is 83.5. The molecule has 0 saturated carbocycles. The third kappa shape index (κ3) is 31.4. The number of aryl methyl sites for hydroxylation is 1. The van der Waals surface area contributed by atoms with Gasteiger partial charge in [0.25, 0.3) is 16.7 Å². The first kappa shape index (κ1) is 109. The minimum absolute atomic E-state index is 0.00691. The van der Waals surface area contributed by atoms with E-state index in [2.05, 4.69) is 112 Å². The third-order valence-corrected chi connectivity index (χ3v) is 22.7. The van der Waals surface area contributed by atoms with Crippen LogP contribution in [0.2, 0.25) is 0 Å². The van der Waals surface area contributed by atoms with Crippen LogP contribution < -0.4 is 45.3 Å². The molecule has 4 saturated heterocycles. The Balaban J connectivity index is 0.000000215. The molecule has 0 radical (unpaired) electrons. The van der Waals surface area contributed by atoms with Gasteiger partial charge in [0.05, 0.1) is 119 Å². The fraction of sp³-hybridized carbons (Fsp3) is 0.774. The van der Waals surface area contributed by atoms with Crippen molar-refractivity contribution in [2.45, 2.75) is 319 Å². The summed E-state index contributed by atoms with van der Waals surface area (Å²) in [6.07, 6.45) is -1.04. The van der Waals surface area contributed by atoms with E-state index in [1.54, 1.807) is 78.2 Å². The number of phosphoric acid groups is 1. The molecule has 4 aliphatic heterocycles. The van der Waals surface area contributed by atoms with Crippen molar-refractivity contribution in [3.63, 3.8) is 0 Å². The molecule has 130 heavy (non-hydrogen) atoms. The molecule has 0 amide bonds. The van der Waals surface area contributed by atoms with Gasteiger partial charge in [0.1, 0.15) is 54.6 Å². The van der Waals surface area contributed by atoms with Crippen molar-refractivity contribution in [1.29, 1.82) is 0 Å². The Morgan fingerprint density at radius 1 is 0.400 bits per heavy atom. The molecule has 7 aromatic rings. The van der Waals surface area contributed by atoms with Crippen molar-refractivity contribution in [2.75, 3.05) is 104 Å². The summed E-state index contributed by atoms with van der Waals surface area (Å²) in [5, 5.41) is 0.